The van der Waals surface area contributed by atoms with Gasteiger partial charge in [-0.2, -0.15) is 0 Å². The third-order valence-corrected chi connectivity index (χ3v) is 4.45. The van der Waals surface area contributed by atoms with Gasteiger partial charge in [0.2, 0.25) is 0 Å². The second-order valence-electron chi connectivity index (χ2n) is 9.29. The molecule has 2 aromatic rings. The SMILES string of the molecule is CC(C)(C)OC(N)=O.CC(C)CC(C)COc1ccc2c(c1)COc1cnc(N)cc1-2. The highest BCUT2D eigenvalue weighted by molar-refractivity contribution is 5.77. The summed E-state index contributed by atoms with van der Waals surface area (Å²) in [4.78, 5) is 14.1. The van der Waals surface area contributed by atoms with E-state index in [-0.39, 0.29) is 0 Å². The molecular weight excluding hydrogens is 394 g/mol. The lowest BCUT2D eigenvalue weighted by Crippen LogP contribution is -2.27. The normalized spacial score (nSPS) is 13.1. The Balaban J connectivity index is 0.000000366. The highest BCUT2D eigenvalue weighted by Gasteiger charge is 2.19. The summed E-state index contributed by atoms with van der Waals surface area (Å²) < 4.78 is 16.3. The van der Waals surface area contributed by atoms with Crippen molar-refractivity contribution in [3.05, 3.63) is 36.0 Å². The summed E-state index contributed by atoms with van der Waals surface area (Å²) in [7, 11) is 0. The maximum absolute atomic E-state index is 10.0. The number of hydrogen-bond acceptors (Lipinski definition) is 6. The Bertz CT molecular complexity index is 891. The second-order valence-corrected chi connectivity index (χ2v) is 9.29. The molecule has 0 saturated carbocycles. The first-order valence-corrected chi connectivity index (χ1v) is 10.6. The van der Waals surface area contributed by atoms with E-state index in [0.29, 0.717) is 24.3 Å². The van der Waals surface area contributed by atoms with Gasteiger partial charge in [-0.05, 0) is 62.8 Å². The Labute approximate surface area is 185 Å². The first-order chi connectivity index (χ1) is 14.4. The van der Waals surface area contributed by atoms with Gasteiger partial charge >= 0.3 is 6.09 Å². The number of anilines is 1. The molecule has 1 aromatic carbocycles. The standard InChI is InChI=1S/C19H24N2O2.C5H11NO2/c1-12(2)6-13(3)10-22-15-4-5-16-14(7-15)11-23-18-9-21-19(20)8-17(16)18;1-5(2,3)8-4(6)7/h4-5,7-9,12-13H,6,10-11H2,1-3H3,(H2,20,21);1-3H3,(H2,6,7). The van der Waals surface area contributed by atoms with Crippen molar-refractivity contribution in [3.8, 4) is 22.6 Å². The number of carbonyl (C=O) groups is 1. The van der Waals surface area contributed by atoms with Crippen molar-refractivity contribution in [3.63, 3.8) is 0 Å². The maximum atomic E-state index is 10.0. The van der Waals surface area contributed by atoms with Crippen LogP contribution in [-0.2, 0) is 11.3 Å². The Morgan fingerprint density at radius 1 is 1.19 bits per heavy atom. The first-order valence-electron chi connectivity index (χ1n) is 10.6. The van der Waals surface area contributed by atoms with Crippen LogP contribution in [0.3, 0.4) is 0 Å². The molecule has 0 saturated heterocycles. The number of benzene rings is 1. The van der Waals surface area contributed by atoms with Gasteiger partial charge in [-0.15, -0.1) is 0 Å². The summed E-state index contributed by atoms with van der Waals surface area (Å²) in [5, 5.41) is 0. The van der Waals surface area contributed by atoms with Crippen LogP contribution >= 0.6 is 0 Å². The number of hydrogen-bond donors (Lipinski definition) is 2. The molecular formula is C24H35N3O4. The van der Waals surface area contributed by atoms with Crippen LogP contribution < -0.4 is 20.9 Å². The van der Waals surface area contributed by atoms with E-state index in [1.54, 1.807) is 27.0 Å². The molecule has 1 aliphatic rings. The fourth-order valence-electron chi connectivity index (χ4n) is 3.40. The summed E-state index contributed by atoms with van der Waals surface area (Å²) in [5.74, 6) is 3.43. The number of fused-ring (bicyclic) bond motifs is 3. The lowest BCUT2D eigenvalue weighted by Gasteiger charge is -2.22. The van der Waals surface area contributed by atoms with Gasteiger partial charge < -0.3 is 25.7 Å². The van der Waals surface area contributed by atoms with Crippen LogP contribution in [0.1, 0.15) is 53.5 Å². The quantitative estimate of drug-likeness (QED) is 0.679. The van der Waals surface area contributed by atoms with E-state index in [9.17, 15) is 4.79 Å². The monoisotopic (exact) mass is 429 g/mol. The van der Waals surface area contributed by atoms with Gasteiger partial charge in [0.05, 0.1) is 12.8 Å². The van der Waals surface area contributed by atoms with Gasteiger partial charge in [-0.1, -0.05) is 26.8 Å². The van der Waals surface area contributed by atoms with Gasteiger partial charge in [0.15, 0.2) is 0 Å². The number of aromatic nitrogens is 1. The number of pyridine rings is 1. The molecule has 2 heterocycles. The van der Waals surface area contributed by atoms with Gasteiger partial charge in [-0.25, -0.2) is 9.78 Å². The molecule has 4 N–H and O–H groups in total. The van der Waals surface area contributed by atoms with Gasteiger partial charge in [0.1, 0.15) is 29.5 Å². The molecule has 31 heavy (non-hydrogen) atoms. The number of ether oxygens (including phenoxy) is 3. The predicted octanol–water partition coefficient (Wildman–Crippen LogP) is 5.16. The molecule has 0 radical (unpaired) electrons. The third kappa shape index (κ3) is 8.00. The second kappa shape index (κ2) is 10.4. The molecule has 0 fully saturated rings. The Hall–Kier alpha value is -2.96. The Morgan fingerprint density at radius 3 is 2.48 bits per heavy atom. The average Bonchev–Trinajstić information content (AvgIpc) is 2.64. The van der Waals surface area contributed by atoms with Crippen molar-refractivity contribution in [1.29, 1.82) is 0 Å². The van der Waals surface area contributed by atoms with Crippen molar-refractivity contribution in [2.75, 3.05) is 12.3 Å². The number of nitrogen functional groups attached to an aromatic ring is 1. The van der Waals surface area contributed by atoms with Crippen molar-refractivity contribution < 1.29 is 19.0 Å². The van der Waals surface area contributed by atoms with Gasteiger partial charge in [0, 0.05) is 11.1 Å². The maximum Gasteiger partial charge on any atom is 0.405 e. The minimum atomic E-state index is -0.725. The average molecular weight is 430 g/mol. The van der Waals surface area contributed by atoms with Gasteiger partial charge in [0.25, 0.3) is 0 Å². The molecule has 7 heteroatoms. The minimum absolute atomic E-state index is 0.453. The van der Waals surface area contributed by atoms with Crippen LogP contribution in [0, 0.1) is 11.8 Å². The molecule has 1 aromatic heterocycles. The van der Waals surface area contributed by atoms with E-state index in [4.69, 9.17) is 20.9 Å². The Morgan fingerprint density at radius 2 is 1.90 bits per heavy atom. The zero-order chi connectivity index (χ0) is 23.2. The number of rotatable bonds is 5. The van der Waals surface area contributed by atoms with Crippen molar-refractivity contribution in [2.24, 2.45) is 17.6 Å². The minimum Gasteiger partial charge on any atom is -0.493 e. The highest BCUT2D eigenvalue weighted by Crippen LogP contribution is 2.39. The molecule has 3 rings (SSSR count). The summed E-state index contributed by atoms with van der Waals surface area (Å²) in [6, 6.07) is 8.03. The number of amides is 1. The summed E-state index contributed by atoms with van der Waals surface area (Å²) >= 11 is 0. The molecule has 7 nitrogen and oxygen atoms in total. The van der Waals surface area contributed by atoms with E-state index < -0.39 is 11.7 Å². The van der Waals surface area contributed by atoms with Crippen LogP contribution in [0.4, 0.5) is 10.6 Å². The number of nitrogens with two attached hydrogens (primary N) is 2. The van der Waals surface area contributed by atoms with Crippen LogP contribution in [0.15, 0.2) is 30.5 Å². The van der Waals surface area contributed by atoms with Crippen LogP contribution in [-0.4, -0.2) is 23.3 Å². The number of carbonyl (C=O) groups excluding carboxylic acids is 1. The molecule has 1 aliphatic heterocycles. The Kier molecular flexibility index (Phi) is 8.14. The van der Waals surface area contributed by atoms with E-state index in [0.717, 1.165) is 34.8 Å². The molecule has 1 amide bonds. The lowest BCUT2D eigenvalue weighted by molar-refractivity contribution is 0.0600. The smallest absolute Gasteiger partial charge is 0.405 e. The molecule has 0 spiro atoms. The van der Waals surface area contributed by atoms with Crippen LogP contribution in [0.25, 0.3) is 11.1 Å². The molecule has 170 valence electrons. The topological polar surface area (TPSA) is 110 Å². The molecule has 1 unspecified atom stereocenters. The number of primary amides is 1. The van der Waals surface area contributed by atoms with Gasteiger partial charge in [-0.3, -0.25) is 0 Å². The van der Waals surface area contributed by atoms with E-state index >= 15 is 0 Å². The summed E-state index contributed by atoms with van der Waals surface area (Å²) in [6.07, 6.45) is 2.14. The fraction of sp³-hybridized carbons (Fsp3) is 0.500. The van der Waals surface area contributed by atoms with Crippen LogP contribution in [0.2, 0.25) is 0 Å². The largest absolute Gasteiger partial charge is 0.493 e. The van der Waals surface area contributed by atoms with Crippen molar-refractivity contribution in [2.45, 2.75) is 60.2 Å². The lowest BCUT2D eigenvalue weighted by atomic mass is 9.97. The number of nitrogens with zero attached hydrogens (tertiary/aromatic N) is 1. The fourth-order valence-corrected chi connectivity index (χ4v) is 3.40. The predicted molar refractivity (Wildman–Crippen MR) is 123 cm³/mol. The van der Waals surface area contributed by atoms with E-state index in [1.807, 2.05) is 12.1 Å². The summed E-state index contributed by atoms with van der Waals surface area (Å²) in [6.45, 7) is 13.3. The summed E-state index contributed by atoms with van der Waals surface area (Å²) in [5.41, 5.74) is 13.3. The van der Waals surface area contributed by atoms with Crippen molar-refractivity contribution in [1.82, 2.24) is 4.98 Å². The zero-order valence-electron chi connectivity index (χ0n) is 19.4. The van der Waals surface area contributed by atoms with E-state index in [1.165, 1.54) is 6.42 Å². The molecule has 1 atom stereocenters. The van der Waals surface area contributed by atoms with Crippen LogP contribution in [0.5, 0.6) is 11.5 Å². The zero-order valence-corrected chi connectivity index (χ0v) is 19.4. The first kappa shape index (κ1) is 24.3. The highest BCUT2D eigenvalue weighted by atomic mass is 16.6. The molecule has 0 bridgehead atoms. The third-order valence-electron chi connectivity index (χ3n) is 4.45. The molecule has 0 aliphatic carbocycles. The van der Waals surface area contributed by atoms with Crippen molar-refractivity contribution >= 4 is 11.9 Å². The van der Waals surface area contributed by atoms with E-state index in [2.05, 4.69) is 42.6 Å².